The van der Waals surface area contributed by atoms with Crippen LogP contribution in [0.25, 0.3) is 0 Å². The lowest BCUT2D eigenvalue weighted by Crippen LogP contribution is -2.27. The smallest absolute Gasteiger partial charge is 0.292 e. The van der Waals surface area contributed by atoms with Gasteiger partial charge in [0, 0.05) is 19.2 Å². The maximum atomic E-state index is 11.2. The fourth-order valence-corrected chi connectivity index (χ4v) is 2.96. The van der Waals surface area contributed by atoms with E-state index in [0.29, 0.717) is 12.2 Å². The lowest BCUT2D eigenvalue weighted by atomic mass is 10.1. The summed E-state index contributed by atoms with van der Waals surface area (Å²) in [5.74, 6) is 0. The van der Waals surface area contributed by atoms with Crippen LogP contribution in [0, 0.1) is 10.1 Å². The molecular weight excluding hydrogens is 266 g/mol. The van der Waals surface area contributed by atoms with Crippen LogP contribution >= 0.6 is 0 Å². The quantitative estimate of drug-likeness (QED) is 0.662. The number of benzene rings is 1. The van der Waals surface area contributed by atoms with Gasteiger partial charge in [0.15, 0.2) is 0 Å². The standard InChI is InChI=1S/C16H25N3O2/c1-2-17-16-14(9-8-10-15(16)19(20)21)13-18-11-6-4-3-5-7-12-18/h8-10,17H,2-7,11-13H2,1H3. The minimum absolute atomic E-state index is 0.182. The van der Waals surface area contributed by atoms with Crippen LogP contribution in [-0.4, -0.2) is 29.5 Å². The zero-order valence-corrected chi connectivity index (χ0v) is 12.8. The van der Waals surface area contributed by atoms with Crippen molar-refractivity contribution >= 4 is 11.4 Å². The molecule has 1 heterocycles. The first-order valence-corrected chi connectivity index (χ1v) is 7.95. The van der Waals surface area contributed by atoms with Crippen molar-refractivity contribution in [3.63, 3.8) is 0 Å². The van der Waals surface area contributed by atoms with Crippen molar-refractivity contribution < 1.29 is 4.92 Å². The normalized spacial score (nSPS) is 17.0. The van der Waals surface area contributed by atoms with E-state index >= 15 is 0 Å². The number of nitrogens with one attached hydrogen (secondary N) is 1. The zero-order chi connectivity index (χ0) is 15.1. The maximum Gasteiger partial charge on any atom is 0.292 e. The number of hydrogen-bond donors (Lipinski definition) is 1. The van der Waals surface area contributed by atoms with Crippen molar-refractivity contribution in [3.05, 3.63) is 33.9 Å². The summed E-state index contributed by atoms with van der Waals surface area (Å²) in [5.41, 5.74) is 1.90. The molecule has 1 aliphatic rings. The van der Waals surface area contributed by atoms with E-state index in [9.17, 15) is 10.1 Å². The summed E-state index contributed by atoms with van der Waals surface area (Å²) >= 11 is 0. The Kier molecular flexibility index (Phi) is 5.99. The molecule has 0 atom stereocenters. The molecule has 1 aromatic rings. The topological polar surface area (TPSA) is 58.4 Å². The average Bonchev–Trinajstić information content (AvgIpc) is 2.43. The predicted molar refractivity (Wildman–Crippen MR) is 85.6 cm³/mol. The monoisotopic (exact) mass is 291 g/mol. The third-order valence-electron chi connectivity index (χ3n) is 4.02. The van der Waals surface area contributed by atoms with Crippen LogP contribution in [0.4, 0.5) is 11.4 Å². The molecule has 1 fully saturated rings. The van der Waals surface area contributed by atoms with Gasteiger partial charge in [-0.1, -0.05) is 31.4 Å². The number of likely N-dealkylation sites (tertiary alicyclic amines) is 1. The predicted octanol–water partition coefficient (Wildman–Crippen LogP) is 3.79. The number of hydrogen-bond acceptors (Lipinski definition) is 4. The van der Waals surface area contributed by atoms with Crippen molar-refractivity contribution in [2.45, 2.75) is 45.6 Å². The van der Waals surface area contributed by atoms with E-state index in [1.54, 1.807) is 12.1 Å². The minimum Gasteiger partial charge on any atom is -0.380 e. The molecule has 1 aromatic carbocycles. The van der Waals surface area contributed by atoms with Crippen LogP contribution in [0.15, 0.2) is 18.2 Å². The first kappa shape index (κ1) is 15.8. The molecule has 116 valence electrons. The van der Waals surface area contributed by atoms with Crippen LogP contribution in [0.5, 0.6) is 0 Å². The van der Waals surface area contributed by atoms with Crippen molar-refractivity contribution in [2.75, 3.05) is 25.0 Å². The average molecular weight is 291 g/mol. The molecule has 0 unspecified atom stereocenters. The molecule has 0 bridgehead atoms. The lowest BCUT2D eigenvalue weighted by molar-refractivity contribution is -0.384. The third kappa shape index (κ3) is 4.43. The minimum atomic E-state index is -0.297. The van der Waals surface area contributed by atoms with Gasteiger partial charge in [-0.3, -0.25) is 15.0 Å². The first-order valence-electron chi connectivity index (χ1n) is 7.95. The van der Waals surface area contributed by atoms with Gasteiger partial charge in [0.2, 0.25) is 0 Å². The molecule has 0 aliphatic carbocycles. The Morgan fingerprint density at radius 1 is 1.19 bits per heavy atom. The number of nitro benzene ring substituents is 1. The maximum absolute atomic E-state index is 11.2. The molecule has 0 radical (unpaired) electrons. The van der Waals surface area contributed by atoms with E-state index in [2.05, 4.69) is 10.2 Å². The van der Waals surface area contributed by atoms with Gasteiger partial charge in [0.25, 0.3) is 5.69 Å². The Morgan fingerprint density at radius 2 is 1.86 bits per heavy atom. The van der Waals surface area contributed by atoms with Gasteiger partial charge in [-0.05, 0) is 38.4 Å². The Morgan fingerprint density at radius 3 is 2.48 bits per heavy atom. The van der Waals surface area contributed by atoms with Gasteiger partial charge in [0.05, 0.1) is 4.92 Å². The second-order valence-electron chi connectivity index (χ2n) is 5.64. The van der Waals surface area contributed by atoms with Crippen molar-refractivity contribution in [2.24, 2.45) is 0 Å². The number of anilines is 1. The summed E-state index contributed by atoms with van der Waals surface area (Å²) in [4.78, 5) is 13.3. The zero-order valence-electron chi connectivity index (χ0n) is 12.8. The van der Waals surface area contributed by atoms with Crippen LogP contribution < -0.4 is 5.32 Å². The van der Waals surface area contributed by atoms with Gasteiger partial charge in [-0.25, -0.2) is 0 Å². The number of nitrogens with zero attached hydrogens (tertiary/aromatic N) is 2. The van der Waals surface area contributed by atoms with E-state index in [1.807, 2.05) is 13.0 Å². The lowest BCUT2D eigenvalue weighted by Gasteiger charge is -2.25. The van der Waals surface area contributed by atoms with Gasteiger partial charge < -0.3 is 5.32 Å². The van der Waals surface area contributed by atoms with E-state index in [1.165, 1.54) is 32.1 Å². The van der Waals surface area contributed by atoms with Gasteiger partial charge in [-0.15, -0.1) is 0 Å². The van der Waals surface area contributed by atoms with Crippen molar-refractivity contribution in [3.8, 4) is 0 Å². The second-order valence-corrected chi connectivity index (χ2v) is 5.64. The highest BCUT2D eigenvalue weighted by Gasteiger charge is 2.18. The SMILES string of the molecule is CCNc1c(CN2CCCCCCC2)cccc1[N+](=O)[O-]. The van der Waals surface area contributed by atoms with Crippen molar-refractivity contribution in [1.29, 1.82) is 0 Å². The molecular formula is C16H25N3O2. The molecule has 0 saturated carbocycles. The summed E-state index contributed by atoms with van der Waals surface area (Å²) in [6, 6.07) is 5.37. The van der Waals surface area contributed by atoms with Crippen LogP contribution in [0.3, 0.4) is 0 Å². The highest BCUT2D eigenvalue weighted by molar-refractivity contribution is 5.66. The fourth-order valence-electron chi connectivity index (χ4n) is 2.96. The largest absolute Gasteiger partial charge is 0.380 e. The van der Waals surface area contributed by atoms with Crippen LogP contribution in [0.1, 0.15) is 44.6 Å². The highest BCUT2D eigenvalue weighted by atomic mass is 16.6. The molecule has 1 saturated heterocycles. The fraction of sp³-hybridized carbons (Fsp3) is 0.625. The van der Waals surface area contributed by atoms with E-state index < -0.39 is 0 Å². The van der Waals surface area contributed by atoms with Gasteiger partial charge in [0.1, 0.15) is 5.69 Å². The molecule has 5 nitrogen and oxygen atoms in total. The highest BCUT2D eigenvalue weighted by Crippen LogP contribution is 2.29. The molecule has 21 heavy (non-hydrogen) atoms. The van der Waals surface area contributed by atoms with Crippen LogP contribution in [-0.2, 0) is 6.54 Å². The van der Waals surface area contributed by atoms with E-state index in [-0.39, 0.29) is 10.6 Å². The summed E-state index contributed by atoms with van der Waals surface area (Å²) in [5, 5.41) is 14.4. The van der Waals surface area contributed by atoms with Gasteiger partial charge in [-0.2, -0.15) is 0 Å². The summed E-state index contributed by atoms with van der Waals surface area (Å²) in [6.45, 7) is 5.64. The molecule has 1 N–H and O–H groups in total. The molecule has 2 rings (SSSR count). The van der Waals surface area contributed by atoms with E-state index in [4.69, 9.17) is 0 Å². The number of para-hydroxylation sites is 1. The summed E-state index contributed by atoms with van der Waals surface area (Å²) in [6.07, 6.45) is 6.39. The number of nitro groups is 1. The molecule has 5 heteroatoms. The molecule has 0 aromatic heterocycles. The molecule has 0 spiro atoms. The molecule has 1 aliphatic heterocycles. The Labute approximate surface area is 126 Å². The van der Waals surface area contributed by atoms with E-state index in [0.717, 1.165) is 25.2 Å². The Hall–Kier alpha value is -1.62. The Balaban J connectivity index is 2.17. The summed E-state index contributed by atoms with van der Waals surface area (Å²) in [7, 11) is 0. The van der Waals surface area contributed by atoms with Crippen molar-refractivity contribution in [1.82, 2.24) is 4.90 Å². The Bertz CT molecular complexity index is 469. The first-order chi connectivity index (χ1) is 10.2. The number of rotatable bonds is 5. The second kappa shape index (κ2) is 7.98. The third-order valence-corrected chi connectivity index (χ3v) is 4.02. The van der Waals surface area contributed by atoms with Gasteiger partial charge >= 0.3 is 0 Å². The molecule has 0 amide bonds. The summed E-state index contributed by atoms with van der Waals surface area (Å²) < 4.78 is 0. The van der Waals surface area contributed by atoms with Crippen LogP contribution in [0.2, 0.25) is 0 Å².